The van der Waals surface area contributed by atoms with Crippen LogP contribution in [0.3, 0.4) is 0 Å². The van der Waals surface area contributed by atoms with E-state index in [1.54, 1.807) is 0 Å². The molecule has 1 heteroatoms. The van der Waals surface area contributed by atoms with Gasteiger partial charge < -0.3 is 5.32 Å². The van der Waals surface area contributed by atoms with Crippen LogP contribution < -0.4 is 5.32 Å². The van der Waals surface area contributed by atoms with Gasteiger partial charge in [-0.1, -0.05) is 65.8 Å². The lowest BCUT2D eigenvalue weighted by molar-refractivity contribution is 0.226. The van der Waals surface area contributed by atoms with E-state index in [0.29, 0.717) is 23.3 Å². The van der Waals surface area contributed by atoms with Crippen molar-refractivity contribution in [3.8, 4) is 0 Å². The molecule has 0 spiro atoms. The van der Waals surface area contributed by atoms with Gasteiger partial charge in [0.15, 0.2) is 0 Å². The Kier molecular flexibility index (Phi) is 6.26. The minimum Gasteiger partial charge on any atom is -0.313 e. The van der Waals surface area contributed by atoms with E-state index in [-0.39, 0.29) is 0 Å². The summed E-state index contributed by atoms with van der Waals surface area (Å²) in [7, 11) is 2.08. The molecule has 0 bridgehead atoms. The molecule has 0 aliphatic heterocycles. The average molecular weight is 275 g/mol. The van der Waals surface area contributed by atoms with Gasteiger partial charge in [0.2, 0.25) is 0 Å². The maximum atomic E-state index is 3.50. The molecule has 1 nitrogen and oxygen atoms in total. The first-order chi connectivity index (χ1) is 9.24. The molecule has 0 amide bonds. The Balaban J connectivity index is 2.84. The quantitative estimate of drug-likeness (QED) is 0.750. The Bertz CT molecular complexity index is 400. The van der Waals surface area contributed by atoms with Crippen LogP contribution >= 0.6 is 0 Å². The molecule has 1 rings (SSSR count). The van der Waals surface area contributed by atoms with Gasteiger partial charge in [0.1, 0.15) is 0 Å². The number of benzene rings is 1. The zero-order valence-electron chi connectivity index (χ0n) is 14.5. The van der Waals surface area contributed by atoms with Gasteiger partial charge in [-0.05, 0) is 48.3 Å². The smallest absolute Gasteiger partial charge is 0.0320 e. The number of hydrogen-bond donors (Lipinski definition) is 1. The summed E-state index contributed by atoms with van der Waals surface area (Å²) in [6.07, 6.45) is 2.35. The summed E-state index contributed by atoms with van der Waals surface area (Å²) in [5.41, 5.74) is 3.26. The number of nitrogens with one attached hydrogen (secondary N) is 1. The monoisotopic (exact) mass is 275 g/mol. The van der Waals surface area contributed by atoms with E-state index >= 15 is 0 Å². The zero-order chi connectivity index (χ0) is 15.3. The Hall–Kier alpha value is -0.820. The molecule has 20 heavy (non-hydrogen) atoms. The Morgan fingerprint density at radius 1 is 1.10 bits per heavy atom. The molecule has 0 saturated carbocycles. The van der Waals surface area contributed by atoms with Crippen LogP contribution in [0.1, 0.15) is 65.1 Å². The summed E-state index contributed by atoms with van der Waals surface area (Å²) < 4.78 is 0. The van der Waals surface area contributed by atoms with Crippen molar-refractivity contribution in [2.24, 2.45) is 17.3 Å². The summed E-state index contributed by atoms with van der Waals surface area (Å²) in [6, 6.07) is 9.57. The van der Waals surface area contributed by atoms with Gasteiger partial charge in [-0.2, -0.15) is 0 Å². The van der Waals surface area contributed by atoms with E-state index in [0.717, 1.165) is 0 Å². The first-order valence-electron chi connectivity index (χ1n) is 8.00. The van der Waals surface area contributed by atoms with Crippen LogP contribution in [-0.2, 0) is 6.42 Å². The summed E-state index contributed by atoms with van der Waals surface area (Å²) in [5.74, 6) is 1.40. The van der Waals surface area contributed by atoms with Gasteiger partial charge in [0, 0.05) is 6.04 Å². The molecule has 1 aromatic carbocycles. The Labute approximate surface area is 126 Å². The molecule has 0 aliphatic carbocycles. The highest BCUT2D eigenvalue weighted by molar-refractivity contribution is 5.26. The fourth-order valence-electron chi connectivity index (χ4n) is 2.54. The van der Waals surface area contributed by atoms with Crippen LogP contribution in [0.15, 0.2) is 24.3 Å². The minimum atomic E-state index is 0.366. The van der Waals surface area contributed by atoms with Crippen LogP contribution in [0, 0.1) is 17.3 Å². The predicted molar refractivity (Wildman–Crippen MR) is 90.0 cm³/mol. The van der Waals surface area contributed by atoms with E-state index in [4.69, 9.17) is 0 Å². The fourth-order valence-corrected chi connectivity index (χ4v) is 2.54. The average Bonchev–Trinajstić information content (AvgIpc) is 2.33. The van der Waals surface area contributed by atoms with E-state index in [9.17, 15) is 0 Å². The van der Waals surface area contributed by atoms with Crippen molar-refractivity contribution in [3.63, 3.8) is 0 Å². The van der Waals surface area contributed by atoms with E-state index < -0.39 is 0 Å². The maximum Gasteiger partial charge on any atom is 0.0320 e. The molecule has 0 fully saturated rings. The van der Waals surface area contributed by atoms with Crippen molar-refractivity contribution in [3.05, 3.63) is 35.4 Å². The highest BCUT2D eigenvalue weighted by Crippen LogP contribution is 2.33. The minimum absolute atomic E-state index is 0.366. The van der Waals surface area contributed by atoms with Crippen LogP contribution in [0.4, 0.5) is 0 Å². The van der Waals surface area contributed by atoms with Gasteiger partial charge in [0.05, 0.1) is 0 Å². The van der Waals surface area contributed by atoms with Crippen molar-refractivity contribution in [1.29, 1.82) is 0 Å². The van der Waals surface area contributed by atoms with Gasteiger partial charge >= 0.3 is 0 Å². The first-order valence-corrected chi connectivity index (χ1v) is 8.00. The molecule has 0 heterocycles. The van der Waals surface area contributed by atoms with Crippen molar-refractivity contribution >= 4 is 0 Å². The zero-order valence-corrected chi connectivity index (χ0v) is 14.5. The Morgan fingerprint density at radius 3 is 2.25 bits per heavy atom. The maximum absolute atomic E-state index is 3.50. The molecule has 0 aliphatic rings. The summed E-state index contributed by atoms with van der Waals surface area (Å²) in [5, 5.41) is 3.50. The summed E-state index contributed by atoms with van der Waals surface area (Å²) >= 11 is 0. The van der Waals surface area contributed by atoms with Gasteiger partial charge in [-0.3, -0.25) is 0 Å². The third kappa shape index (κ3) is 5.28. The highest BCUT2D eigenvalue weighted by atomic mass is 14.9. The van der Waals surface area contributed by atoms with E-state index in [1.165, 1.54) is 24.0 Å². The summed E-state index contributed by atoms with van der Waals surface area (Å²) in [4.78, 5) is 0. The fraction of sp³-hybridized carbons (Fsp3) is 0.684. The topological polar surface area (TPSA) is 12.0 Å². The second kappa shape index (κ2) is 7.26. The lowest BCUT2D eigenvalue weighted by Crippen LogP contribution is -2.25. The third-order valence-corrected chi connectivity index (χ3v) is 4.41. The van der Waals surface area contributed by atoms with E-state index in [1.807, 2.05) is 0 Å². The molecule has 0 saturated heterocycles. The van der Waals surface area contributed by atoms with Crippen molar-refractivity contribution < 1.29 is 0 Å². The molecule has 1 N–H and O–H groups in total. The normalized spacial score (nSPS) is 15.4. The molecule has 0 aromatic heterocycles. The van der Waals surface area contributed by atoms with Crippen LogP contribution in [-0.4, -0.2) is 7.05 Å². The number of rotatable bonds is 6. The van der Waals surface area contributed by atoms with E-state index in [2.05, 4.69) is 78.2 Å². The lowest BCUT2D eigenvalue weighted by atomic mass is 9.77. The highest BCUT2D eigenvalue weighted by Gasteiger charge is 2.23. The standard InChI is InChI=1S/C19H33N/c1-14(2)11-16-9-8-10-17(13-16)18(20-7)12-15(3)19(4,5)6/h8-10,13-15,18,20H,11-12H2,1-7H3. The van der Waals surface area contributed by atoms with Crippen molar-refractivity contribution in [2.45, 2.75) is 60.4 Å². The first kappa shape index (κ1) is 17.2. The van der Waals surface area contributed by atoms with Gasteiger partial charge in [-0.25, -0.2) is 0 Å². The molecule has 1 aromatic rings. The van der Waals surface area contributed by atoms with Gasteiger partial charge in [0.25, 0.3) is 0 Å². The number of hydrogen-bond acceptors (Lipinski definition) is 1. The van der Waals surface area contributed by atoms with Crippen molar-refractivity contribution in [1.82, 2.24) is 5.32 Å². The summed E-state index contributed by atoms with van der Waals surface area (Å²) in [6.45, 7) is 13.9. The van der Waals surface area contributed by atoms with Crippen LogP contribution in [0.25, 0.3) is 0 Å². The Morgan fingerprint density at radius 2 is 1.75 bits per heavy atom. The van der Waals surface area contributed by atoms with Crippen molar-refractivity contribution in [2.75, 3.05) is 7.05 Å². The molecular formula is C19H33N. The predicted octanol–water partition coefficient (Wildman–Crippen LogP) is 5.22. The molecule has 2 unspecified atom stereocenters. The second-order valence-corrected chi connectivity index (χ2v) is 7.69. The SMILES string of the molecule is CNC(CC(C)C(C)(C)C)c1cccc(CC(C)C)c1. The van der Waals surface area contributed by atoms with Crippen LogP contribution in [0.5, 0.6) is 0 Å². The third-order valence-electron chi connectivity index (χ3n) is 4.41. The lowest BCUT2D eigenvalue weighted by Gasteiger charge is -2.31. The molecular weight excluding hydrogens is 242 g/mol. The van der Waals surface area contributed by atoms with Crippen LogP contribution in [0.2, 0.25) is 0 Å². The largest absolute Gasteiger partial charge is 0.313 e. The molecule has 2 atom stereocenters. The molecule has 0 radical (unpaired) electrons. The molecule has 114 valence electrons. The van der Waals surface area contributed by atoms with Gasteiger partial charge in [-0.15, -0.1) is 0 Å². The second-order valence-electron chi connectivity index (χ2n) is 7.69.